The van der Waals surface area contributed by atoms with Gasteiger partial charge in [-0.15, -0.1) is 0 Å². The summed E-state index contributed by atoms with van der Waals surface area (Å²) in [7, 11) is 0. The third kappa shape index (κ3) is 3.73. The Labute approximate surface area is 130 Å². The second-order valence-electron chi connectivity index (χ2n) is 6.53. The maximum atomic E-state index is 12.2. The van der Waals surface area contributed by atoms with Crippen molar-refractivity contribution in [2.24, 2.45) is 11.8 Å². The van der Waals surface area contributed by atoms with Crippen LogP contribution in [0.15, 0.2) is 0 Å². The van der Waals surface area contributed by atoms with E-state index in [0.29, 0.717) is 17.7 Å². The van der Waals surface area contributed by atoms with E-state index in [0.717, 1.165) is 62.8 Å². The molecular weight excluding hydrogens is 284 g/mol. The van der Waals surface area contributed by atoms with Crippen molar-refractivity contribution in [3.63, 3.8) is 0 Å². The van der Waals surface area contributed by atoms with Crippen LogP contribution in [0.4, 0.5) is 5.13 Å². The molecule has 0 aromatic carbocycles. The van der Waals surface area contributed by atoms with Crippen LogP contribution in [0.1, 0.15) is 38.9 Å². The van der Waals surface area contributed by atoms with E-state index in [2.05, 4.69) is 28.1 Å². The second-order valence-corrected chi connectivity index (χ2v) is 7.26. The molecule has 1 saturated carbocycles. The van der Waals surface area contributed by atoms with Crippen molar-refractivity contribution < 1.29 is 4.79 Å². The van der Waals surface area contributed by atoms with Crippen molar-refractivity contribution in [2.45, 2.75) is 39.5 Å². The van der Waals surface area contributed by atoms with Crippen LogP contribution in [-0.2, 0) is 11.2 Å². The zero-order chi connectivity index (χ0) is 14.8. The number of carbonyl (C=O) groups is 1. The monoisotopic (exact) mass is 308 g/mol. The van der Waals surface area contributed by atoms with E-state index in [1.807, 2.05) is 4.90 Å². The van der Waals surface area contributed by atoms with Crippen molar-refractivity contribution in [3.05, 3.63) is 5.82 Å². The van der Waals surface area contributed by atoms with E-state index in [-0.39, 0.29) is 0 Å². The molecule has 3 rings (SSSR count). The molecule has 0 bridgehead atoms. The quantitative estimate of drug-likeness (QED) is 0.855. The maximum absolute atomic E-state index is 12.2. The summed E-state index contributed by atoms with van der Waals surface area (Å²) in [5, 5.41) is 1.02. The van der Waals surface area contributed by atoms with Gasteiger partial charge in [-0.25, -0.2) is 4.98 Å². The van der Waals surface area contributed by atoms with Gasteiger partial charge in [0, 0.05) is 50.1 Å². The SMILES string of the molecule is CC(C)Cc1nsc(N2CCCN(C(=O)C3CC3)CC2)n1. The molecule has 0 atom stereocenters. The standard InChI is InChI=1S/C15H24N4OS/c1-11(2)10-13-16-15(21-17-13)19-7-3-6-18(8-9-19)14(20)12-4-5-12/h11-12H,3-10H2,1-2H3. The summed E-state index contributed by atoms with van der Waals surface area (Å²) in [5.41, 5.74) is 0. The number of rotatable bonds is 4. The summed E-state index contributed by atoms with van der Waals surface area (Å²) in [6.45, 7) is 7.96. The molecule has 1 aliphatic carbocycles. The lowest BCUT2D eigenvalue weighted by Crippen LogP contribution is -2.36. The van der Waals surface area contributed by atoms with Gasteiger partial charge in [-0.1, -0.05) is 13.8 Å². The Bertz CT molecular complexity index is 498. The zero-order valence-corrected chi connectivity index (χ0v) is 13.7. The fraction of sp³-hybridized carbons (Fsp3) is 0.800. The maximum Gasteiger partial charge on any atom is 0.225 e. The predicted molar refractivity (Wildman–Crippen MR) is 84.6 cm³/mol. The average Bonchev–Trinajstić information content (AvgIpc) is 3.23. The van der Waals surface area contributed by atoms with E-state index in [4.69, 9.17) is 0 Å². The first-order chi connectivity index (χ1) is 10.1. The summed E-state index contributed by atoms with van der Waals surface area (Å²) >= 11 is 1.50. The molecule has 1 aliphatic heterocycles. The van der Waals surface area contributed by atoms with Gasteiger partial charge in [0.25, 0.3) is 0 Å². The van der Waals surface area contributed by atoms with Gasteiger partial charge in [-0.05, 0) is 25.2 Å². The van der Waals surface area contributed by atoms with Crippen LogP contribution in [0.5, 0.6) is 0 Å². The molecule has 6 heteroatoms. The number of anilines is 1. The highest BCUT2D eigenvalue weighted by Crippen LogP contribution is 2.31. The lowest BCUT2D eigenvalue weighted by Gasteiger charge is -2.21. The smallest absolute Gasteiger partial charge is 0.225 e. The molecule has 0 N–H and O–H groups in total. The van der Waals surface area contributed by atoms with Gasteiger partial charge in [0.1, 0.15) is 5.82 Å². The summed E-state index contributed by atoms with van der Waals surface area (Å²) in [6.07, 6.45) is 4.15. The van der Waals surface area contributed by atoms with Crippen molar-refractivity contribution in [1.29, 1.82) is 0 Å². The molecule has 1 aromatic rings. The van der Waals surface area contributed by atoms with Gasteiger partial charge in [0.2, 0.25) is 11.0 Å². The van der Waals surface area contributed by atoms with E-state index >= 15 is 0 Å². The molecule has 1 saturated heterocycles. The number of hydrogen-bond donors (Lipinski definition) is 0. The third-order valence-electron chi connectivity index (χ3n) is 4.05. The molecule has 21 heavy (non-hydrogen) atoms. The first-order valence-electron chi connectivity index (χ1n) is 8.00. The first-order valence-corrected chi connectivity index (χ1v) is 8.77. The average molecular weight is 308 g/mol. The van der Waals surface area contributed by atoms with Gasteiger partial charge < -0.3 is 9.80 Å². The summed E-state index contributed by atoms with van der Waals surface area (Å²) in [4.78, 5) is 21.2. The molecule has 1 amide bonds. The Morgan fingerprint density at radius 2 is 2.10 bits per heavy atom. The van der Waals surface area contributed by atoms with Gasteiger partial charge in [-0.2, -0.15) is 4.37 Å². The van der Waals surface area contributed by atoms with Crippen molar-refractivity contribution in [3.8, 4) is 0 Å². The van der Waals surface area contributed by atoms with Crippen molar-refractivity contribution in [1.82, 2.24) is 14.3 Å². The highest BCUT2D eigenvalue weighted by Gasteiger charge is 2.34. The molecule has 2 fully saturated rings. The molecule has 5 nitrogen and oxygen atoms in total. The number of nitrogens with zero attached hydrogens (tertiary/aromatic N) is 4. The molecular formula is C15H24N4OS. The second kappa shape index (κ2) is 6.30. The summed E-state index contributed by atoms with van der Waals surface area (Å²) < 4.78 is 4.46. The third-order valence-corrected chi connectivity index (χ3v) is 4.87. The van der Waals surface area contributed by atoms with Crippen LogP contribution >= 0.6 is 11.5 Å². The van der Waals surface area contributed by atoms with E-state index in [1.54, 1.807) is 0 Å². The zero-order valence-electron chi connectivity index (χ0n) is 12.9. The number of hydrogen-bond acceptors (Lipinski definition) is 5. The molecule has 0 radical (unpaired) electrons. The van der Waals surface area contributed by atoms with Crippen LogP contribution in [0.2, 0.25) is 0 Å². The van der Waals surface area contributed by atoms with Gasteiger partial charge in [-0.3, -0.25) is 4.79 Å². The number of amides is 1. The Balaban J connectivity index is 1.59. The van der Waals surface area contributed by atoms with Gasteiger partial charge >= 0.3 is 0 Å². The van der Waals surface area contributed by atoms with Crippen LogP contribution in [0, 0.1) is 11.8 Å². The lowest BCUT2D eigenvalue weighted by atomic mass is 10.1. The molecule has 116 valence electrons. The predicted octanol–water partition coefficient (Wildman–Crippen LogP) is 2.19. The molecule has 2 heterocycles. The number of aromatic nitrogens is 2. The molecule has 0 unspecified atom stereocenters. The van der Waals surface area contributed by atoms with Crippen LogP contribution in [0.25, 0.3) is 0 Å². The molecule has 1 aromatic heterocycles. The molecule has 2 aliphatic rings. The number of carbonyl (C=O) groups excluding carboxylic acids is 1. The van der Waals surface area contributed by atoms with E-state index < -0.39 is 0 Å². The largest absolute Gasteiger partial charge is 0.345 e. The lowest BCUT2D eigenvalue weighted by molar-refractivity contribution is -0.132. The fourth-order valence-corrected chi connectivity index (χ4v) is 3.49. The van der Waals surface area contributed by atoms with Crippen LogP contribution in [-0.4, -0.2) is 46.3 Å². The Morgan fingerprint density at radius 3 is 2.81 bits per heavy atom. The van der Waals surface area contributed by atoms with Gasteiger partial charge in [0.05, 0.1) is 0 Å². The highest BCUT2D eigenvalue weighted by atomic mass is 32.1. The van der Waals surface area contributed by atoms with Crippen LogP contribution < -0.4 is 4.90 Å². The minimum absolute atomic E-state index is 0.329. The van der Waals surface area contributed by atoms with Crippen molar-refractivity contribution >= 4 is 22.6 Å². The van der Waals surface area contributed by atoms with E-state index in [1.165, 1.54) is 11.5 Å². The summed E-state index contributed by atoms with van der Waals surface area (Å²) in [6, 6.07) is 0. The fourth-order valence-electron chi connectivity index (χ4n) is 2.74. The summed E-state index contributed by atoms with van der Waals surface area (Å²) in [5.74, 6) is 2.24. The molecule has 0 spiro atoms. The minimum Gasteiger partial charge on any atom is -0.345 e. The highest BCUT2D eigenvalue weighted by molar-refractivity contribution is 7.09. The Morgan fingerprint density at radius 1 is 1.29 bits per heavy atom. The van der Waals surface area contributed by atoms with E-state index in [9.17, 15) is 4.79 Å². The van der Waals surface area contributed by atoms with Gasteiger partial charge in [0.15, 0.2) is 0 Å². The first kappa shape index (κ1) is 14.8. The normalized spacial score (nSPS) is 20.0. The van der Waals surface area contributed by atoms with Crippen LogP contribution in [0.3, 0.4) is 0 Å². The minimum atomic E-state index is 0.329. The Kier molecular flexibility index (Phi) is 4.42. The van der Waals surface area contributed by atoms with Crippen molar-refractivity contribution in [2.75, 3.05) is 31.1 Å². The topological polar surface area (TPSA) is 49.3 Å². The Hall–Kier alpha value is -1.17.